The highest BCUT2D eigenvalue weighted by atomic mass is 79.9. The van der Waals surface area contributed by atoms with Crippen molar-refractivity contribution in [2.24, 2.45) is 0 Å². The minimum absolute atomic E-state index is 0.978. The molecule has 0 unspecified atom stereocenters. The minimum Gasteiger partial charge on any atom is -0.199 e. The normalized spacial score (nSPS) is 10.7. The molecule has 2 heterocycles. The fourth-order valence-corrected chi connectivity index (χ4v) is 1.62. The van der Waals surface area contributed by atoms with Gasteiger partial charge in [0.15, 0.2) is 0 Å². The van der Waals surface area contributed by atoms with Crippen LogP contribution < -0.4 is 4.40 Å². The van der Waals surface area contributed by atoms with Gasteiger partial charge in [0.1, 0.15) is 18.1 Å². The zero-order valence-corrected chi connectivity index (χ0v) is 9.17. The van der Waals surface area contributed by atoms with Crippen molar-refractivity contribution >= 4 is 21.6 Å². The van der Waals surface area contributed by atoms with Crippen LogP contribution in [0.3, 0.4) is 0 Å². The fraction of sp³-hybridized carbons (Fsp3) is 0.200. The standard InChI is InChI=1S/C10H10BrN2/c1-7-5-12-10-4-3-9(11)6-13(10)8(7)2/h3-6H,1-2H3/q+1. The molecule has 0 aromatic carbocycles. The lowest BCUT2D eigenvalue weighted by molar-refractivity contribution is -0.523. The monoisotopic (exact) mass is 237 g/mol. The van der Waals surface area contributed by atoms with Crippen LogP contribution in [0.1, 0.15) is 11.3 Å². The molecule has 3 heteroatoms. The second-order valence-corrected chi connectivity index (χ2v) is 4.02. The molecule has 0 fully saturated rings. The Bertz CT molecular complexity index is 460. The molecule has 0 atom stereocenters. The van der Waals surface area contributed by atoms with Gasteiger partial charge in [0.05, 0.1) is 4.47 Å². The minimum atomic E-state index is 0.978. The maximum absolute atomic E-state index is 4.32. The van der Waals surface area contributed by atoms with Gasteiger partial charge in [0.2, 0.25) is 0 Å². The van der Waals surface area contributed by atoms with Crippen molar-refractivity contribution in [1.82, 2.24) is 4.98 Å². The number of nitrogens with zero attached hydrogens (tertiary/aromatic N) is 2. The molecule has 0 saturated heterocycles. The molecule has 0 radical (unpaired) electrons. The van der Waals surface area contributed by atoms with E-state index in [1.165, 1.54) is 11.3 Å². The van der Waals surface area contributed by atoms with E-state index in [9.17, 15) is 0 Å². The topological polar surface area (TPSA) is 17.0 Å². The van der Waals surface area contributed by atoms with Crippen LogP contribution in [0.15, 0.2) is 29.0 Å². The van der Waals surface area contributed by atoms with Crippen LogP contribution in [-0.4, -0.2) is 4.98 Å². The number of hydrogen-bond acceptors (Lipinski definition) is 1. The van der Waals surface area contributed by atoms with Crippen molar-refractivity contribution < 1.29 is 4.40 Å². The van der Waals surface area contributed by atoms with E-state index in [1.807, 2.05) is 24.5 Å². The van der Waals surface area contributed by atoms with Crippen LogP contribution in [0.2, 0.25) is 0 Å². The Morgan fingerprint density at radius 3 is 2.85 bits per heavy atom. The van der Waals surface area contributed by atoms with Gasteiger partial charge in [0, 0.05) is 11.6 Å². The number of hydrogen-bond donors (Lipinski definition) is 0. The zero-order chi connectivity index (χ0) is 9.42. The molecule has 0 N–H and O–H groups in total. The molecule has 0 spiro atoms. The number of rotatable bonds is 0. The Hall–Kier alpha value is -0.960. The van der Waals surface area contributed by atoms with Crippen LogP contribution >= 0.6 is 15.9 Å². The molecular formula is C10H10BrN2+. The summed E-state index contributed by atoms with van der Waals surface area (Å²) in [5.41, 5.74) is 3.41. The first-order valence-corrected chi connectivity index (χ1v) is 4.91. The van der Waals surface area contributed by atoms with Crippen molar-refractivity contribution in [3.63, 3.8) is 0 Å². The third-order valence-corrected chi connectivity index (χ3v) is 2.68. The molecule has 0 amide bonds. The van der Waals surface area contributed by atoms with E-state index in [4.69, 9.17) is 0 Å². The van der Waals surface area contributed by atoms with Gasteiger partial charge in [-0.15, -0.1) is 0 Å². The van der Waals surface area contributed by atoms with Gasteiger partial charge in [-0.2, -0.15) is 4.40 Å². The van der Waals surface area contributed by atoms with Gasteiger partial charge in [-0.05, 0) is 40.8 Å². The van der Waals surface area contributed by atoms with Crippen molar-refractivity contribution in [2.45, 2.75) is 13.8 Å². The molecule has 0 aliphatic carbocycles. The van der Waals surface area contributed by atoms with Crippen LogP contribution in [-0.2, 0) is 0 Å². The first-order chi connectivity index (χ1) is 6.18. The highest BCUT2D eigenvalue weighted by molar-refractivity contribution is 9.10. The molecular weight excluding hydrogens is 228 g/mol. The van der Waals surface area contributed by atoms with E-state index in [0.29, 0.717) is 0 Å². The van der Waals surface area contributed by atoms with E-state index in [-0.39, 0.29) is 0 Å². The quantitative estimate of drug-likeness (QED) is 0.643. The largest absolute Gasteiger partial charge is 0.327 e. The first-order valence-electron chi connectivity index (χ1n) is 4.11. The molecule has 2 aromatic heterocycles. The molecule has 2 aromatic rings. The summed E-state index contributed by atoms with van der Waals surface area (Å²) in [7, 11) is 0. The Kier molecular flexibility index (Phi) is 2.04. The fourth-order valence-electron chi connectivity index (χ4n) is 1.29. The van der Waals surface area contributed by atoms with Crippen molar-refractivity contribution in [3.05, 3.63) is 40.3 Å². The second-order valence-electron chi connectivity index (χ2n) is 3.10. The summed E-state index contributed by atoms with van der Waals surface area (Å²) in [6, 6.07) is 3.99. The van der Waals surface area contributed by atoms with Gasteiger partial charge >= 0.3 is 5.65 Å². The maximum atomic E-state index is 4.32. The second kappa shape index (κ2) is 3.07. The Labute approximate surface area is 85.4 Å². The van der Waals surface area contributed by atoms with Gasteiger partial charge in [-0.1, -0.05) is 0 Å². The highest BCUT2D eigenvalue weighted by Crippen LogP contribution is 2.08. The zero-order valence-electron chi connectivity index (χ0n) is 7.58. The summed E-state index contributed by atoms with van der Waals surface area (Å²) < 4.78 is 3.15. The average molecular weight is 238 g/mol. The van der Waals surface area contributed by atoms with Gasteiger partial charge in [0.25, 0.3) is 0 Å². The molecule has 0 bridgehead atoms. The maximum Gasteiger partial charge on any atom is 0.327 e. The molecule has 2 rings (SSSR count). The van der Waals surface area contributed by atoms with Crippen LogP contribution in [0, 0.1) is 13.8 Å². The molecule has 13 heavy (non-hydrogen) atoms. The van der Waals surface area contributed by atoms with E-state index in [0.717, 1.165) is 10.1 Å². The van der Waals surface area contributed by atoms with Crippen LogP contribution in [0.25, 0.3) is 5.65 Å². The highest BCUT2D eigenvalue weighted by Gasteiger charge is 2.08. The average Bonchev–Trinajstić information content (AvgIpc) is 2.12. The SMILES string of the molecule is Cc1cnc2ccc(Br)c[n+]2c1C. The lowest BCUT2D eigenvalue weighted by Crippen LogP contribution is -2.27. The summed E-state index contributed by atoms with van der Waals surface area (Å²) in [5, 5.41) is 0. The number of pyridine rings is 1. The van der Waals surface area contributed by atoms with Gasteiger partial charge < -0.3 is 0 Å². The molecule has 0 aliphatic heterocycles. The van der Waals surface area contributed by atoms with Gasteiger partial charge in [-0.25, -0.2) is 0 Å². The molecule has 0 aliphatic rings. The number of fused-ring (bicyclic) bond motifs is 1. The number of aryl methyl sites for hydroxylation is 2. The van der Waals surface area contributed by atoms with E-state index in [1.54, 1.807) is 0 Å². The summed E-state index contributed by atoms with van der Waals surface area (Å²) >= 11 is 3.44. The van der Waals surface area contributed by atoms with Crippen molar-refractivity contribution in [1.29, 1.82) is 0 Å². The Morgan fingerprint density at radius 2 is 2.08 bits per heavy atom. The summed E-state index contributed by atoms with van der Waals surface area (Å²) in [6.07, 6.45) is 3.93. The van der Waals surface area contributed by atoms with E-state index >= 15 is 0 Å². The van der Waals surface area contributed by atoms with E-state index < -0.39 is 0 Å². The molecule has 2 nitrogen and oxygen atoms in total. The summed E-state index contributed by atoms with van der Waals surface area (Å²) in [4.78, 5) is 4.32. The third-order valence-electron chi connectivity index (χ3n) is 2.21. The van der Waals surface area contributed by atoms with Crippen LogP contribution in [0.5, 0.6) is 0 Å². The summed E-state index contributed by atoms with van der Waals surface area (Å²) in [5.74, 6) is 0. The summed E-state index contributed by atoms with van der Waals surface area (Å²) in [6.45, 7) is 4.16. The third kappa shape index (κ3) is 1.44. The Morgan fingerprint density at radius 1 is 1.31 bits per heavy atom. The predicted octanol–water partition coefficient (Wildman–Crippen LogP) is 2.20. The van der Waals surface area contributed by atoms with Crippen molar-refractivity contribution in [3.8, 4) is 0 Å². The van der Waals surface area contributed by atoms with Gasteiger partial charge in [-0.3, -0.25) is 0 Å². The number of halogens is 1. The lowest BCUT2D eigenvalue weighted by atomic mass is 10.2. The van der Waals surface area contributed by atoms with E-state index in [2.05, 4.69) is 39.2 Å². The number of aromatic nitrogens is 2. The molecule has 66 valence electrons. The first kappa shape index (κ1) is 8.63. The lowest BCUT2D eigenvalue weighted by Gasteiger charge is -1.98. The molecule has 0 saturated carbocycles. The van der Waals surface area contributed by atoms with Crippen molar-refractivity contribution in [2.75, 3.05) is 0 Å². The predicted molar refractivity (Wildman–Crippen MR) is 54.6 cm³/mol. The Balaban J connectivity index is 2.89. The van der Waals surface area contributed by atoms with Crippen LogP contribution in [0.4, 0.5) is 0 Å². The smallest absolute Gasteiger partial charge is 0.199 e.